The first-order valence-electron chi connectivity index (χ1n) is 11.4. The van der Waals surface area contributed by atoms with E-state index in [1.807, 2.05) is 0 Å². The number of hydrogen-bond acceptors (Lipinski definition) is 5. The van der Waals surface area contributed by atoms with Crippen molar-refractivity contribution in [2.24, 2.45) is 0 Å². The number of morpholine rings is 1. The number of Topliss-reactive ketones (excluding diaryl/α,β-unsaturated/α-hetero) is 1. The molecule has 1 amide bonds. The number of hydrogen-bond donors (Lipinski definition) is 0. The van der Waals surface area contributed by atoms with Gasteiger partial charge in [0.15, 0.2) is 23.2 Å². The minimum absolute atomic E-state index is 0.0403. The van der Waals surface area contributed by atoms with Crippen molar-refractivity contribution in [3.63, 3.8) is 0 Å². The van der Waals surface area contributed by atoms with Crippen LogP contribution in [0.2, 0.25) is 0 Å². The third kappa shape index (κ3) is 6.61. The summed E-state index contributed by atoms with van der Waals surface area (Å²) in [7, 11) is 0. The van der Waals surface area contributed by atoms with Crippen LogP contribution in [0.1, 0.15) is 65.8 Å². The highest BCUT2D eigenvalue weighted by Gasteiger charge is 2.27. The lowest BCUT2D eigenvalue weighted by Crippen LogP contribution is -2.47. The Morgan fingerprint density at radius 1 is 1.18 bits per heavy atom. The monoisotopic (exact) mass is 470 g/mol. The third-order valence-electron chi connectivity index (χ3n) is 5.35. The summed E-state index contributed by atoms with van der Waals surface area (Å²) in [4.78, 5) is 30.4. The molecule has 0 N–H and O–H groups in total. The molecule has 180 valence electrons. The van der Waals surface area contributed by atoms with Gasteiger partial charge in [0.05, 0.1) is 18.7 Å². The molecule has 1 atom stereocenters. The highest BCUT2D eigenvalue weighted by molar-refractivity contribution is 5.96. The molecule has 2 heterocycles. The molecule has 6 nitrogen and oxygen atoms in total. The van der Waals surface area contributed by atoms with Gasteiger partial charge in [0.25, 0.3) is 5.91 Å². The third-order valence-corrected chi connectivity index (χ3v) is 5.35. The Morgan fingerprint density at radius 3 is 2.65 bits per heavy atom. The largest absolute Gasteiger partial charge is 0.485 e. The number of halogens is 2. The Balaban J connectivity index is 1.62. The van der Waals surface area contributed by atoms with Crippen molar-refractivity contribution in [1.29, 1.82) is 0 Å². The van der Waals surface area contributed by atoms with E-state index in [0.717, 1.165) is 31.4 Å². The summed E-state index contributed by atoms with van der Waals surface area (Å²) >= 11 is 0. The summed E-state index contributed by atoms with van der Waals surface area (Å²) in [5.74, 6) is 3.04. The van der Waals surface area contributed by atoms with E-state index < -0.39 is 23.5 Å². The van der Waals surface area contributed by atoms with Crippen LogP contribution < -0.4 is 4.74 Å². The van der Waals surface area contributed by atoms with Gasteiger partial charge in [0.2, 0.25) is 0 Å². The van der Waals surface area contributed by atoms with Crippen molar-refractivity contribution in [1.82, 2.24) is 9.88 Å². The fourth-order valence-corrected chi connectivity index (χ4v) is 3.48. The molecule has 8 heteroatoms. The molecule has 0 aliphatic carbocycles. The maximum atomic E-state index is 14.3. The zero-order valence-electron chi connectivity index (χ0n) is 19.4. The van der Waals surface area contributed by atoms with E-state index in [2.05, 4.69) is 23.7 Å². The molecule has 3 rings (SSSR count). The van der Waals surface area contributed by atoms with Crippen molar-refractivity contribution < 1.29 is 27.8 Å². The maximum absolute atomic E-state index is 14.3. The molecule has 2 aromatic rings. The number of rotatable bonds is 8. The average molecular weight is 471 g/mol. The van der Waals surface area contributed by atoms with E-state index in [1.54, 1.807) is 24.1 Å². The number of nitrogens with zero attached hydrogens (tertiary/aromatic N) is 2. The van der Waals surface area contributed by atoms with Crippen LogP contribution in [0.4, 0.5) is 8.78 Å². The molecule has 0 bridgehead atoms. The van der Waals surface area contributed by atoms with Crippen LogP contribution in [0.15, 0.2) is 30.6 Å². The highest BCUT2D eigenvalue weighted by Crippen LogP contribution is 2.25. The first kappa shape index (κ1) is 25.3. The number of benzene rings is 1. The second kappa shape index (κ2) is 12.2. The summed E-state index contributed by atoms with van der Waals surface area (Å²) in [6.07, 6.45) is 5.56. The van der Waals surface area contributed by atoms with Crippen LogP contribution in [-0.2, 0) is 4.74 Å². The number of pyridine rings is 1. The van der Waals surface area contributed by atoms with Crippen LogP contribution >= 0.6 is 0 Å². The highest BCUT2D eigenvalue weighted by atomic mass is 19.1. The second-order valence-electron chi connectivity index (χ2n) is 7.97. The Bertz CT molecular complexity index is 1070. The van der Waals surface area contributed by atoms with Gasteiger partial charge in [0, 0.05) is 42.9 Å². The molecular formula is C26H28F2N2O4. The van der Waals surface area contributed by atoms with Crippen LogP contribution in [0.25, 0.3) is 0 Å². The van der Waals surface area contributed by atoms with Crippen LogP contribution in [0.5, 0.6) is 5.75 Å². The van der Waals surface area contributed by atoms with Crippen molar-refractivity contribution >= 4 is 11.7 Å². The van der Waals surface area contributed by atoms with Gasteiger partial charge in [-0.15, -0.1) is 0 Å². The summed E-state index contributed by atoms with van der Waals surface area (Å²) in [6.45, 7) is 4.39. The van der Waals surface area contributed by atoms with Gasteiger partial charge in [-0.05, 0) is 24.6 Å². The van der Waals surface area contributed by atoms with Gasteiger partial charge in [-0.3, -0.25) is 14.6 Å². The predicted molar refractivity (Wildman–Crippen MR) is 123 cm³/mol. The Morgan fingerprint density at radius 2 is 1.94 bits per heavy atom. The van der Waals surface area contributed by atoms with Gasteiger partial charge >= 0.3 is 0 Å². The number of ether oxygens (including phenoxy) is 2. The fraction of sp³-hybridized carbons (Fsp3) is 0.423. The minimum Gasteiger partial charge on any atom is -0.485 e. The predicted octanol–water partition coefficient (Wildman–Crippen LogP) is 4.41. The quantitative estimate of drug-likeness (QED) is 0.325. The van der Waals surface area contributed by atoms with Gasteiger partial charge < -0.3 is 14.4 Å². The maximum Gasteiger partial charge on any atom is 0.255 e. The summed E-state index contributed by atoms with van der Waals surface area (Å²) in [5.41, 5.74) is 1.05. The van der Waals surface area contributed by atoms with Gasteiger partial charge in [-0.1, -0.05) is 32.1 Å². The SMILES string of the molecule is CCCCC#Cc1cncc(C(=O)N2CCOC(COc3c(F)cc(C(=O)CC)cc3F)C2)c1. The molecule has 0 radical (unpaired) electrons. The summed E-state index contributed by atoms with van der Waals surface area (Å²) < 4.78 is 39.6. The van der Waals surface area contributed by atoms with E-state index in [-0.39, 0.29) is 43.4 Å². The average Bonchev–Trinajstić information content (AvgIpc) is 2.85. The molecule has 34 heavy (non-hydrogen) atoms. The molecule has 1 aliphatic rings. The fourth-order valence-electron chi connectivity index (χ4n) is 3.48. The van der Waals surface area contributed by atoms with Crippen LogP contribution in [-0.4, -0.2) is 54.0 Å². The molecule has 1 aromatic carbocycles. The second-order valence-corrected chi connectivity index (χ2v) is 7.97. The number of carbonyl (C=O) groups excluding carboxylic acids is 2. The standard InChI is InChI=1S/C26H28F2N2O4/c1-3-5-6-7-8-18-11-20(15-29-14-18)26(32)30-9-10-33-21(16-30)17-34-25-22(27)12-19(13-23(25)28)24(31)4-2/h11-15,21H,3-6,9-10,16-17H2,1-2H3. The lowest BCUT2D eigenvalue weighted by atomic mass is 10.1. The number of ketones is 1. The topological polar surface area (TPSA) is 68.7 Å². The molecule has 1 saturated heterocycles. The van der Waals surface area contributed by atoms with Gasteiger partial charge in [-0.2, -0.15) is 0 Å². The van der Waals surface area contributed by atoms with Crippen molar-refractivity contribution in [2.45, 2.75) is 45.6 Å². The van der Waals surface area contributed by atoms with E-state index in [9.17, 15) is 18.4 Å². The lowest BCUT2D eigenvalue weighted by Gasteiger charge is -2.32. The Labute approximate surface area is 198 Å². The molecule has 0 saturated carbocycles. The minimum atomic E-state index is -0.955. The van der Waals surface area contributed by atoms with E-state index in [4.69, 9.17) is 9.47 Å². The van der Waals surface area contributed by atoms with Gasteiger partial charge in [-0.25, -0.2) is 8.78 Å². The molecule has 1 aliphatic heterocycles. The first-order valence-corrected chi connectivity index (χ1v) is 11.4. The Kier molecular flexibility index (Phi) is 9.11. The van der Waals surface area contributed by atoms with E-state index >= 15 is 0 Å². The van der Waals surface area contributed by atoms with E-state index in [0.29, 0.717) is 17.7 Å². The van der Waals surface area contributed by atoms with Crippen molar-refractivity contribution in [3.05, 3.63) is 58.9 Å². The summed E-state index contributed by atoms with van der Waals surface area (Å²) in [5, 5.41) is 0. The molecular weight excluding hydrogens is 442 g/mol. The molecule has 1 fully saturated rings. The number of carbonyl (C=O) groups is 2. The van der Waals surface area contributed by atoms with Crippen LogP contribution in [0, 0.1) is 23.5 Å². The number of amides is 1. The number of unbranched alkanes of at least 4 members (excludes halogenated alkanes) is 2. The van der Waals surface area contributed by atoms with Crippen molar-refractivity contribution in [3.8, 4) is 17.6 Å². The zero-order chi connectivity index (χ0) is 24.5. The Hall–Kier alpha value is -3.31. The summed E-state index contributed by atoms with van der Waals surface area (Å²) in [6, 6.07) is 3.64. The van der Waals surface area contributed by atoms with E-state index in [1.165, 1.54) is 6.20 Å². The zero-order valence-corrected chi connectivity index (χ0v) is 19.4. The molecule has 1 aromatic heterocycles. The number of aromatic nitrogens is 1. The van der Waals surface area contributed by atoms with Crippen molar-refractivity contribution in [2.75, 3.05) is 26.3 Å². The van der Waals surface area contributed by atoms with Crippen LogP contribution in [0.3, 0.4) is 0 Å². The normalized spacial score (nSPS) is 15.4. The smallest absolute Gasteiger partial charge is 0.255 e. The van der Waals surface area contributed by atoms with Gasteiger partial charge in [0.1, 0.15) is 12.7 Å². The lowest BCUT2D eigenvalue weighted by molar-refractivity contribution is -0.0410. The molecule has 0 spiro atoms. The molecule has 1 unspecified atom stereocenters. The first-order chi connectivity index (χ1) is 16.4.